The van der Waals surface area contributed by atoms with Crippen molar-refractivity contribution in [2.24, 2.45) is 0 Å². The number of nitrogens with zero attached hydrogens (tertiary/aromatic N) is 5. The Bertz CT molecular complexity index is 1370. The maximum atomic E-state index is 13.2. The van der Waals surface area contributed by atoms with E-state index >= 15 is 0 Å². The predicted molar refractivity (Wildman–Crippen MR) is 140 cm³/mol. The molecule has 0 amide bonds. The standard InChI is InChI=1S/C28H34N6O2/c1-4-26(27-30-31-32-34(27)18-24-11-8-12-36-24)33(16-21-9-6-5-7-10-21)17-23-15-22-13-19(2)20(3)14-25(22)29-28(23)35/h5-7,9-10,13-15,24,26H,4,8,11-12,16-18H2,1-3H3,(H,29,35). The van der Waals surface area contributed by atoms with Crippen molar-refractivity contribution >= 4 is 10.9 Å². The number of benzene rings is 2. The molecule has 1 N–H and O–H groups in total. The number of rotatable bonds is 9. The molecule has 8 nitrogen and oxygen atoms in total. The molecule has 4 aromatic rings. The molecule has 0 saturated carbocycles. The number of fused-ring (bicyclic) bond motifs is 1. The number of aromatic amines is 1. The first-order valence-electron chi connectivity index (χ1n) is 12.8. The molecule has 1 saturated heterocycles. The maximum Gasteiger partial charge on any atom is 0.252 e. The molecule has 1 aliphatic rings. The zero-order valence-electron chi connectivity index (χ0n) is 21.3. The van der Waals surface area contributed by atoms with E-state index in [9.17, 15) is 4.79 Å². The molecule has 3 heterocycles. The highest BCUT2D eigenvalue weighted by atomic mass is 16.5. The van der Waals surface area contributed by atoms with Crippen LogP contribution in [0.15, 0.2) is 53.3 Å². The Labute approximate surface area is 211 Å². The van der Waals surface area contributed by atoms with E-state index in [2.05, 4.69) is 64.4 Å². The highest BCUT2D eigenvalue weighted by molar-refractivity contribution is 5.80. The van der Waals surface area contributed by atoms with Gasteiger partial charge in [-0.05, 0) is 83.8 Å². The topological polar surface area (TPSA) is 88.9 Å². The molecule has 0 radical (unpaired) electrons. The van der Waals surface area contributed by atoms with Gasteiger partial charge in [0.05, 0.1) is 18.7 Å². The van der Waals surface area contributed by atoms with Crippen LogP contribution in [0.2, 0.25) is 0 Å². The summed E-state index contributed by atoms with van der Waals surface area (Å²) < 4.78 is 7.73. The van der Waals surface area contributed by atoms with Crippen molar-refractivity contribution in [3.05, 3.63) is 87.0 Å². The third kappa shape index (κ3) is 5.24. The largest absolute Gasteiger partial charge is 0.376 e. The quantitative estimate of drug-likeness (QED) is 0.376. The van der Waals surface area contributed by atoms with Gasteiger partial charge < -0.3 is 9.72 Å². The van der Waals surface area contributed by atoms with Crippen molar-refractivity contribution in [1.82, 2.24) is 30.1 Å². The summed E-state index contributed by atoms with van der Waals surface area (Å²) in [7, 11) is 0. The van der Waals surface area contributed by atoms with Gasteiger partial charge in [-0.2, -0.15) is 0 Å². The maximum absolute atomic E-state index is 13.2. The molecule has 36 heavy (non-hydrogen) atoms. The molecule has 0 bridgehead atoms. The SMILES string of the molecule is CCC(c1nnnn1CC1CCCO1)N(Cc1ccccc1)Cc1cc2cc(C)c(C)cc2[nH]c1=O. The van der Waals surface area contributed by atoms with Gasteiger partial charge in [0, 0.05) is 30.8 Å². The number of pyridine rings is 1. The second-order valence-electron chi connectivity index (χ2n) is 9.82. The van der Waals surface area contributed by atoms with E-state index < -0.39 is 0 Å². The first kappa shape index (κ1) is 24.3. The molecule has 0 aliphatic carbocycles. The van der Waals surface area contributed by atoms with Crippen LogP contribution in [0.5, 0.6) is 0 Å². The minimum Gasteiger partial charge on any atom is -0.376 e. The molecule has 2 aromatic carbocycles. The Balaban J connectivity index is 1.50. The first-order valence-corrected chi connectivity index (χ1v) is 12.8. The van der Waals surface area contributed by atoms with Crippen LogP contribution in [0.3, 0.4) is 0 Å². The van der Waals surface area contributed by atoms with Crippen LogP contribution in [-0.4, -0.2) is 42.8 Å². The van der Waals surface area contributed by atoms with E-state index in [1.807, 2.05) is 35.0 Å². The molecular formula is C28H34N6O2. The van der Waals surface area contributed by atoms with Gasteiger partial charge in [0.1, 0.15) is 0 Å². The smallest absolute Gasteiger partial charge is 0.252 e. The molecular weight excluding hydrogens is 452 g/mol. The first-order chi connectivity index (χ1) is 17.5. The van der Waals surface area contributed by atoms with Gasteiger partial charge in [0.15, 0.2) is 5.82 Å². The number of tetrazole rings is 1. The lowest BCUT2D eigenvalue weighted by molar-refractivity contribution is 0.0888. The second kappa shape index (κ2) is 10.7. The fourth-order valence-corrected chi connectivity index (χ4v) is 5.12. The fraction of sp³-hybridized carbons (Fsp3) is 0.429. The number of aryl methyl sites for hydroxylation is 2. The number of ether oxygens (including phenoxy) is 1. The number of hydrogen-bond acceptors (Lipinski definition) is 6. The second-order valence-corrected chi connectivity index (χ2v) is 9.82. The van der Waals surface area contributed by atoms with Crippen LogP contribution in [0, 0.1) is 13.8 Å². The monoisotopic (exact) mass is 486 g/mol. The minimum atomic E-state index is -0.0588. The molecule has 188 valence electrons. The molecule has 2 atom stereocenters. The van der Waals surface area contributed by atoms with Gasteiger partial charge in [-0.15, -0.1) is 5.10 Å². The van der Waals surface area contributed by atoms with E-state index in [1.165, 1.54) is 16.7 Å². The van der Waals surface area contributed by atoms with E-state index in [-0.39, 0.29) is 17.7 Å². The van der Waals surface area contributed by atoms with Crippen LogP contribution in [-0.2, 0) is 24.4 Å². The molecule has 2 unspecified atom stereocenters. The van der Waals surface area contributed by atoms with Crippen LogP contribution >= 0.6 is 0 Å². The summed E-state index contributed by atoms with van der Waals surface area (Å²) in [6.07, 6.45) is 3.04. The molecule has 0 spiro atoms. The lowest BCUT2D eigenvalue weighted by atomic mass is 10.0. The average Bonchev–Trinajstić information content (AvgIpc) is 3.55. The Hall–Kier alpha value is -3.36. The Morgan fingerprint density at radius 2 is 1.94 bits per heavy atom. The zero-order chi connectivity index (χ0) is 25.1. The lowest BCUT2D eigenvalue weighted by Crippen LogP contribution is -2.33. The molecule has 1 aliphatic heterocycles. The van der Waals surface area contributed by atoms with Crippen LogP contribution in [0.4, 0.5) is 0 Å². The van der Waals surface area contributed by atoms with Crippen LogP contribution < -0.4 is 5.56 Å². The minimum absolute atomic E-state index is 0.0578. The summed E-state index contributed by atoms with van der Waals surface area (Å²) in [6.45, 7) is 8.91. The normalized spacial score (nSPS) is 16.7. The zero-order valence-corrected chi connectivity index (χ0v) is 21.3. The third-order valence-corrected chi connectivity index (χ3v) is 7.22. The van der Waals surface area contributed by atoms with Gasteiger partial charge in [0.25, 0.3) is 5.56 Å². The van der Waals surface area contributed by atoms with Crippen molar-refractivity contribution in [1.29, 1.82) is 0 Å². The van der Waals surface area contributed by atoms with Crippen molar-refractivity contribution in [3.63, 3.8) is 0 Å². The van der Waals surface area contributed by atoms with Gasteiger partial charge >= 0.3 is 0 Å². The van der Waals surface area contributed by atoms with E-state index in [0.29, 0.717) is 19.6 Å². The van der Waals surface area contributed by atoms with E-state index in [1.54, 1.807) is 0 Å². The van der Waals surface area contributed by atoms with E-state index in [4.69, 9.17) is 4.74 Å². The average molecular weight is 487 g/mol. The molecule has 5 rings (SSSR count). The number of aromatic nitrogens is 5. The number of hydrogen-bond donors (Lipinski definition) is 1. The number of nitrogens with one attached hydrogen (secondary N) is 1. The number of H-pyrrole nitrogens is 1. The van der Waals surface area contributed by atoms with Crippen LogP contribution in [0.25, 0.3) is 10.9 Å². The highest BCUT2D eigenvalue weighted by Gasteiger charge is 2.28. The van der Waals surface area contributed by atoms with E-state index in [0.717, 1.165) is 48.2 Å². The molecule has 8 heteroatoms. The summed E-state index contributed by atoms with van der Waals surface area (Å²) in [6, 6.07) is 16.5. The lowest BCUT2D eigenvalue weighted by Gasteiger charge is -2.30. The van der Waals surface area contributed by atoms with Gasteiger partial charge in [-0.3, -0.25) is 9.69 Å². The summed E-state index contributed by atoms with van der Waals surface area (Å²) in [5.74, 6) is 0.813. The van der Waals surface area contributed by atoms with Gasteiger partial charge in [-0.25, -0.2) is 4.68 Å². The highest BCUT2D eigenvalue weighted by Crippen LogP contribution is 2.27. The summed E-state index contributed by atoms with van der Waals surface area (Å²) in [5, 5.41) is 13.8. The Morgan fingerprint density at radius 3 is 2.69 bits per heavy atom. The van der Waals surface area contributed by atoms with Crippen LogP contribution in [0.1, 0.15) is 60.3 Å². The van der Waals surface area contributed by atoms with Crippen molar-refractivity contribution in [2.75, 3.05) is 6.61 Å². The van der Waals surface area contributed by atoms with Crippen molar-refractivity contribution in [2.45, 2.75) is 71.8 Å². The fourth-order valence-electron chi connectivity index (χ4n) is 5.12. The summed E-state index contributed by atoms with van der Waals surface area (Å²) >= 11 is 0. The summed E-state index contributed by atoms with van der Waals surface area (Å²) in [5.41, 5.74) is 5.10. The van der Waals surface area contributed by atoms with Crippen molar-refractivity contribution < 1.29 is 4.74 Å². The third-order valence-electron chi connectivity index (χ3n) is 7.22. The van der Waals surface area contributed by atoms with Gasteiger partial charge in [-0.1, -0.05) is 37.3 Å². The summed E-state index contributed by atoms with van der Waals surface area (Å²) in [4.78, 5) is 18.6. The predicted octanol–water partition coefficient (Wildman–Crippen LogP) is 4.46. The Morgan fingerprint density at radius 1 is 1.14 bits per heavy atom. The molecule has 1 fully saturated rings. The Kier molecular flexibility index (Phi) is 7.25. The molecule has 2 aromatic heterocycles. The van der Waals surface area contributed by atoms with Crippen molar-refractivity contribution in [3.8, 4) is 0 Å². The van der Waals surface area contributed by atoms with Gasteiger partial charge in [0.2, 0.25) is 0 Å².